The number of nitrogens with zero attached hydrogens (tertiary/aromatic N) is 4. The number of carbonyl (C=O) groups excluding carboxylic acids is 2. The van der Waals surface area contributed by atoms with E-state index in [2.05, 4.69) is 10.4 Å². The number of fused-ring (bicyclic) bond motifs is 3. The summed E-state index contributed by atoms with van der Waals surface area (Å²) in [6.07, 6.45) is 6.05. The zero-order valence-corrected chi connectivity index (χ0v) is 18.4. The van der Waals surface area contributed by atoms with Gasteiger partial charge >= 0.3 is 0 Å². The maximum Gasteiger partial charge on any atom is 0.275 e. The number of aryl methyl sites for hydroxylation is 1. The molecular formula is C24H33N5O2. The van der Waals surface area contributed by atoms with Crippen molar-refractivity contribution in [2.45, 2.75) is 44.6 Å². The Balaban J connectivity index is 1.22. The van der Waals surface area contributed by atoms with Crippen molar-refractivity contribution in [3.63, 3.8) is 0 Å². The fourth-order valence-electron chi connectivity index (χ4n) is 5.79. The van der Waals surface area contributed by atoms with Crippen LogP contribution in [0.25, 0.3) is 10.9 Å². The van der Waals surface area contributed by atoms with Crippen molar-refractivity contribution in [1.29, 1.82) is 0 Å². The molecule has 2 bridgehead atoms. The molecule has 0 unspecified atom stereocenters. The van der Waals surface area contributed by atoms with Crippen LogP contribution in [0.2, 0.25) is 0 Å². The standard InChI is InChI=1S/C24H33N5O2/c1-27-21-9-3-2-7-19(21)23(26-27)24(31)29-15-17-13-18(16-29)20(25-14-17)8-6-10-22(30)28-11-4-5-12-28/h2-3,7,9,17-18,20,25H,4-6,8,10-16H2,1H3/t17-,18+,20+/m0/s1. The topological polar surface area (TPSA) is 70.5 Å². The van der Waals surface area contributed by atoms with Crippen molar-refractivity contribution in [2.24, 2.45) is 18.9 Å². The quantitative estimate of drug-likeness (QED) is 0.802. The first-order chi connectivity index (χ1) is 15.1. The fraction of sp³-hybridized carbons (Fsp3) is 0.625. The van der Waals surface area contributed by atoms with Crippen LogP contribution in [-0.2, 0) is 11.8 Å². The third kappa shape index (κ3) is 4.07. The van der Waals surface area contributed by atoms with Crippen molar-refractivity contribution in [3.8, 4) is 0 Å². The summed E-state index contributed by atoms with van der Waals surface area (Å²) in [6.45, 7) is 4.40. The Labute approximate surface area is 183 Å². The minimum Gasteiger partial charge on any atom is -0.343 e. The molecule has 2 aromatic rings. The average Bonchev–Trinajstić information content (AvgIpc) is 3.44. The molecular weight excluding hydrogens is 390 g/mol. The van der Waals surface area contributed by atoms with Gasteiger partial charge in [-0.25, -0.2) is 0 Å². The van der Waals surface area contributed by atoms with Crippen molar-refractivity contribution in [2.75, 3.05) is 32.7 Å². The number of amides is 2. The molecule has 0 radical (unpaired) electrons. The lowest BCUT2D eigenvalue weighted by Crippen LogP contribution is -2.57. The molecule has 5 rings (SSSR count). The molecule has 1 aromatic carbocycles. The SMILES string of the molecule is Cn1nc(C(=O)N2C[C@@H]3CN[C@H](CCCC(=O)N4CCCC4)[C@H](C3)C2)c2ccccc21. The van der Waals surface area contributed by atoms with Crippen molar-refractivity contribution >= 4 is 22.7 Å². The summed E-state index contributed by atoms with van der Waals surface area (Å²) in [5, 5.41) is 9.20. The molecule has 2 amide bonds. The summed E-state index contributed by atoms with van der Waals surface area (Å²) in [4.78, 5) is 29.8. The zero-order valence-electron chi connectivity index (χ0n) is 18.4. The highest BCUT2D eigenvalue weighted by molar-refractivity contribution is 6.04. The van der Waals surface area contributed by atoms with E-state index in [1.807, 2.05) is 41.1 Å². The van der Waals surface area contributed by atoms with Gasteiger partial charge in [0.1, 0.15) is 0 Å². The summed E-state index contributed by atoms with van der Waals surface area (Å²) in [5.41, 5.74) is 1.56. The van der Waals surface area contributed by atoms with E-state index in [-0.39, 0.29) is 5.91 Å². The summed E-state index contributed by atoms with van der Waals surface area (Å²) in [5.74, 6) is 1.32. The molecule has 166 valence electrons. The van der Waals surface area contributed by atoms with Crippen LogP contribution in [-0.4, -0.2) is 70.2 Å². The molecule has 1 N–H and O–H groups in total. The van der Waals surface area contributed by atoms with Crippen LogP contribution in [0.3, 0.4) is 0 Å². The van der Waals surface area contributed by atoms with E-state index >= 15 is 0 Å². The summed E-state index contributed by atoms with van der Waals surface area (Å²) in [7, 11) is 1.90. The van der Waals surface area contributed by atoms with E-state index in [4.69, 9.17) is 0 Å². The second-order valence-corrected chi connectivity index (χ2v) is 9.56. The van der Waals surface area contributed by atoms with Crippen LogP contribution in [0.4, 0.5) is 0 Å². The molecule has 4 heterocycles. The van der Waals surface area contributed by atoms with Gasteiger partial charge in [0.2, 0.25) is 5.91 Å². The first-order valence-corrected chi connectivity index (χ1v) is 11.8. The van der Waals surface area contributed by atoms with E-state index in [9.17, 15) is 9.59 Å². The van der Waals surface area contributed by atoms with Gasteiger partial charge in [-0.3, -0.25) is 14.3 Å². The first-order valence-electron chi connectivity index (χ1n) is 11.8. The molecule has 1 aromatic heterocycles. The second kappa shape index (κ2) is 8.61. The number of aromatic nitrogens is 2. The number of nitrogens with one attached hydrogen (secondary N) is 1. The van der Waals surface area contributed by atoms with Crippen LogP contribution in [0, 0.1) is 11.8 Å². The molecule has 3 fully saturated rings. The molecule has 3 aliphatic rings. The summed E-state index contributed by atoms with van der Waals surface area (Å²) < 4.78 is 1.80. The van der Waals surface area contributed by atoms with Crippen molar-refractivity contribution < 1.29 is 9.59 Å². The molecule has 7 nitrogen and oxygen atoms in total. The number of hydrogen-bond acceptors (Lipinski definition) is 4. The highest BCUT2D eigenvalue weighted by Crippen LogP contribution is 2.32. The van der Waals surface area contributed by atoms with E-state index in [0.29, 0.717) is 35.9 Å². The van der Waals surface area contributed by atoms with Crippen molar-refractivity contribution in [1.82, 2.24) is 24.9 Å². The van der Waals surface area contributed by atoms with Gasteiger partial charge in [0.15, 0.2) is 5.69 Å². The van der Waals surface area contributed by atoms with Crippen LogP contribution in [0.15, 0.2) is 24.3 Å². The van der Waals surface area contributed by atoms with E-state index in [1.165, 1.54) is 6.42 Å². The molecule has 3 aliphatic heterocycles. The summed E-state index contributed by atoms with van der Waals surface area (Å²) >= 11 is 0. The summed E-state index contributed by atoms with van der Waals surface area (Å²) in [6, 6.07) is 8.33. The van der Waals surface area contributed by atoms with Crippen LogP contribution < -0.4 is 5.32 Å². The molecule has 0 saturated carbocycles. The minimum atomic E-state index is 0.0522. The number of benzene rings is 1. The Kier molecular flexibility index (Phi) is 5.69. The van der Waals surface area contributed by atoms with Gasteiger partial charge in [0.05, 0.1) is 5.52 Å². The Morgan fingerprint density at radius 2 is 1.94 bits per heavy atom. The Morgan fingerprint density at radius 1 is 1.13 bits per heavy atom. The average molecular weight is 424 g/mol. The Morgan fingerprint density at radius 3 is 2.77 bits per heavy atom. The maximum atomic E-state index is 13.4. The van der Waals surface area contributed by atoms with Crippen LogP contribution in [0.5, 0.6) is 0 Å². The van der Waals surface area contributed by atoms with E-state index in [0.717, 1.165) is 69.3 Å². The largest absolute Gasteiger partial charge is 0.343 e. The lowest BCUT2D eigenvalue weighted by atomic mass is 9.79. The van der Waals surface area contributed by atoms with E-state index in [1.54, 1.807) is 4.68 Å². The lowest BCUT2D eigenvalue weighted by molar-refractivity contribution is -0.130. The van der Waals surface area contributed by atoms with Gasteiger partial charge in [0.25, 0.3) is 5.91 Å². The zero-order chi connectivity index (χ0) is 21.4. The molecule has 3 saturated heterocycles. The van der Waals surface area contributed by atoms with Gasteiger partial charge < -0.3 is 15.1 Å². The third-order valence-corrected chi connectivity index (χ3v) is 7.42. The predicted molar refractivity (Wildman–Crippen MR) is 120 cm³/mol. The molecule has 0 aliphatic carbocycles. The second-order valence-electron chi connectivity index (χ2n) is 9.56. The number of rotatable bonds is 5. The fourth-order valence-corrected chi connectivity index (χ4v) is 5.79. The molecule has 31 heavy (non-hydrogen) atoms. The molecule has 0 spiro atoms. The normalized spacial score (nSPS) is 25.9. The van der Waals surface area contributed by atoms with Gasteiger partial charge in [0, 0.05) is 51.1 Å². The first kappa shape index (κ1) is 20.5. The molecule has 7 heteroatoms. The van der Waals surface area contributed by atoms with Gasteiger partial charge in [-0.1, -0.05) is 18.2 Å². The number of carbonyl (C=O) groups is 2. The number of hydrogen-bond donors (Lipinski definition) is 1. The van der Waals surface area contributed by atoms with Crippen molar-refractivity contribution in [3.05, 3.63) is 30.0 Å². The Hall–Kier alpha value is -2.41. The highest BCUT2D eigenvalue weighted by atomic mass is 16.2. The lowest BCUT2D eigenvalue weighted by Gasteiger charge is -2.46. The van der Waals surface area contributed by atoms with Crippen LogP contribution in [0.1, 0.15) is 49.0 Å². The Bertz CT molecular complexity index is 964. The van der Waals surface area contributed by atoms with Crippen LogP contribution >= 0.6 is 0 Å². The number of para-hydroxylation sites is 1. The highest BCUT2D eigenvalue weighted by Gasteiger charge is 2.38. The predicted octanol–water partition coefficient (Wildman–Crippen LogP) is 2.42. The van der Waals surface area contributed by atoms with Gasteiger partial charge in [-0.05, 0) is 56.6 Å². The number of piperidine rings is 2. The van der Waals surface area contributed by atoms with Gasteiger partial charge in [-0.2, -0.15) is 5.10 Å². The smallest absolute Gasteiger partial charge is 0.275 e. The third-order valence-electron chi connectivity index (χ3n) is 7.42. The molecule has 3 atom stereocenters. The maximum absolute atomic E-state index is 13.4. The van der Waals surface area contributed by atoms with E-state index < -0.39 is 0 Å². The van der Waals surface area contributed by atoms with Gasteiger partial charge in [-0.15, -0.1) is 0 Å². The monoisotopic (exact) mass is 423 g/mol. The number of likely N-dealkylation sites (tertiary alicyclic amines) is 2. The minimum absolute atomic E-state index is 0.0522.